The third kappa shape index (κ3) is 2.95. The highest BCUT2D eigenvalue weighted by Crippen LogP contribution is 2.28. The SMILES string of the molecule is O=C(c1ccc(Cl)cc1F)N1CCN(C(=O)C2CCC2)CC1. The molecule has 0 radical (unpaired) electrons. The molecule has 2 aliphatic rings. The highest BCUT2D eigenvalue weighted by Gasteiger charge is 2.32. The minimum Gasteiger partial charge on any atom is -0.339 e. The Bertz CT molecular complexity index is 596. The van der Waals surface area contributed by atoms with Gasteiger partial charge in [-0.3, -0.25) is 9.59 Å². The van der Waals surface area contributed by atoms with Crippen molar-refractivity contribution >= 4 is 23.4 Å². The van der Waals surface area contributed by atoms with Gasteiger partial charge in [-0.05, 0) is 31.0 Å². The Hall–Kier alpha value is -1.62. The largest absolute Gasteiger partial charge is 0.339 e. The number of hydrogen-bond acceptors (Lipinski definition) is 2. The molecule has 0 bridgehead atoms. The van der Waals surface area contributed by atoms with Gasteiger partial charge >= 0.3 is 0 Å². The van der Waals surface area contributed by atoms with E-state index in [0.717, 1.165) is 25.3 Å². The zero-order valence-electron chi connectivity index (χ0n) is 12.2. The highest BCUT2D eigenvalue weighted by molar-refractivity contribution is 6.30. The van der Waals surface area contributed by atoms with Crippen molar-refractivity contribution in [1.29, 1.82) is 0 Å². The smallest absolute Gasteiger partial charge is 0.256 e. The fourth-order valence-electron chi connectivity index (χ4n) is 2.88. The van der Waals surface area contributed by atoms with Gasteiger partial charge in [-0.15, -0.1) is 0 Å². The average molecular weight is 325 g/mol. The minimum atomic E-state index is -0.606. The minimum absolute atomic E-state index is 0.0307. The summed E-state index contributed by atoms with van der Waals surface area (Å²) in [5.74, 6) is -0.567. The van der Waals surface area contributed by atoms with Gasteiger partial charge < -0.3 is 9.80 Å². The summed E-state index contributed by atoms with van der Waals surface area (Å²) in [7, 11) is 0. The molecular formula is C16H18ClFN2O2. The Morgan fingerprint density at radius 3 is 2.27 bits per heavy atom. The van der Waals surface area contributed by atoms with Gasteiger partial charge in [0.1, 0.15) is 5.82 Å². The molecule has 2 amide bonds. The standard InChI is InChI=1S/C16H18ClFN2O2/c17-12-4-5-13(14(18)10-12)16(22)20-8-6-19(7-9-20)15(21)11-2-1-3-11/h4-5,10-11H,1-3,6-9H2. The molecule has 1 aromatic carbocycles. The first-order chi connectivity index (χ1) is 10.6. The number of hydrogen-bond donors (Lipinski definition) is 0. The van der Waals surface area contributed by atoms with Crippen molar-refractivity contribution in [2.24, 2.45) is 5.92 Å². The fourth-order valence-corrected chi connectivity index (χ4v) is 3.04. The first-order valence-corrected chi connectivity index (χ1v) is 7.97. The molecule has 1 aliphatic carbocycles. The summed E-state index contributed by atoms with van der Waals surface area (Å²) in [5.41, 5.74) is 0.0307. The molecule has 0 spiro atoms. The number of halogens is 2. The van der Waals surface area contributed by atoms with E-state index in [1.54, 1.807) is 4.90 Å². The maximum atomic E-state index is 13.8. The van der Waals surface area contributed by atoms with E-state index in [4.69, 9.17) is 11.6 Å². The van der Waals surface area contributed by atoms with Crippen LogP contribution in [-0.2, 0) is 4.79 Å². The van der Waals surface area contributed by atoms with E-state index in [9.17, 15) is 14.0 Å². The van der Waals surface area contributed by atoms with E-state index in [0.29, 0.717) is 26.2 Å². The number of piperazine rings is 1. The van der Waals surface area contributed by atoms with E-state index in [1.165, 1.54) is 12.1 Å². The van der Waals surface area contributed by atoms with Crippen LogP contribution in [0.1, 0.15) is 29.6 Å². The monoisotopic (exact) mass is 324 g/mol. The van der Waals surface area contributed by atoms with E-state index in [1.807, 2.05) is 4.90 Å². The second-order valence-electron chi connectivity index (χ2n) is 5.87. The molecule has 22 heavy (non-hydrogen) atoms. The first-order valence-electron chi connectivity index (χ1n) is 7.59. The van der Waals surface area contributed by atoms with E-state index >= 15 is 0 Å². The molecule has 0 unspecified atom stereocenters. The molecule has 1 heterocycles. The predicted molar refractivity (Wildman–Crippen MR) is 81.2 cm³/mol. The lowest BCUT2D eigenvalue weighted by atomic mass is 9.84. The van der Waals surface area contributed by atoms with Crippen LogP contribution in [0.2, 0.25) is 5.02 Å². The lowest BCUT2D eigenvalue weighted by Crippen LogP contribution is -2.52. The molecule has 4 nitrogen and oxygen atoms in total. The molecule has 1 saturated carbocycles. The molecule has 6 heteroatoms. The number of rotatable bonds is 2. The summed E-state index contributed by atoms with van der Waals surface area (Å²) in [6.07, 6.45) is 3.09. The van der Waals surface area contributed by atoms with Crippen LogP contribution in [-0.4, -0.2) is 47.8 Å². The second-order valence-corrected chi connectivity index (χ2v) is 6.31. The van der Waals surface area contributed by atoms with Crippen molar-refractivity contribution in [2.45, 2.75) is 19.3 Å². The topological polar surface area (TPSA) is 40.6 Å². The molecule has 1 aliphatic heterocycles. The van der Waals surface area contributed by atoms with Gasteiger partial charge in [0.15, 0.2) is 0 Å². The third-order valence-corrected chi connectivity index (χ3v) is 4.73. The summed E-state index contributed by atoms with van der Waals surface area (Å²) in [4.78, 5) is 27.9. The Morgan fingerprint density at radius 2 is 1.73 bits per heavy atom. The van der Waals surface area contributed by atoms with Crippen molar-refractivity contribution < 1.29 is 14.0 Å². The normalized spacial score (nSPS) is 19.0. The summed E-state index contributed by atoms with van der Waals surface area (Å²) < 4.78 is 13.8. The molecule has 1 saturated heterocycles. The molecule has 0 atom stereocenters. The van der Waals surface area contributed by atoms with Crippen molar-refractivity contribution in [1.82, 2.24) is 9.80 Å². The Labute approximate surface area is 133 Å². The van der Waals surface area contributed by atoms with Crippen LogP contribution >= 0.6 is 11.6 Å². The summed E-state index contributed by atoms with van der Waals surface area (Å²) in [6.45, 7) is 1.94. The molecule has 3 rings (SSSR count). The average Bonchev–Trinajstić information content (AvgIpc) is 2.45. The second kappa shape index (κ2) is 6.24. The first kappa shape index (κ1) is 15.3. The number of nitrogens with zero attached hydrogens (tertiary/aromatic N) is 2. The zero-order chi connectivity index (χ0) is 15.7. The predicted octanol–water partition coefficient (Wildman–Crippen LogP) is 2.56. The van der Waals surface area contributed by atoms with Crippen LogP contribution in [0.25, 0.3) is 0 Å². The zero-order valence-corrected chi connectivity index (χ0v) is 13.0. The van der Waals surface area contributed by atoms with Crippen molar-refractivity contribution in [3.63, 3.8) is 0 Å². The quantitative estimate of drug-likeness (QED) is 0.839. The van der Waals surface area contributed by atoms with Gasteiger partial charge in [-0.25, -0.2) is 4.39 Å². The molecule has 118 valence electrons. The fraction of sp³-hybridized carbons (Fsp3) is 0.500. The number of amides is 2. The van der Waals surface area contributed by atoms with Gasteiger partial charge in [0.05, 0.1) is 5.56 Å². The van der Waals surface area contributed by atoms with E-state index in [2.05, 4.69) is 0 Å². The highest BCUT2D eigenvalue weighted by atomic mass is 35.5. The Kier molecular flexibility index (Phi) is 4.34. The molecule has 0 aromatic heterocycles. The van der Waals surface area contributed by atoms with Gasteiger partial charge in [0, 0.05) is 37.1 Å². The van der Waals surface area contributed by atoms with Crippen molar-refractivity contribution in [3.05, 3.63) is 34.6 Å². The van der Waals surface area contributed by atoms with E-state index < -0.39 is 5.82 Å². The van der Waals surface area contributed by atoms with Crippen LogP contribution in [0, 0.1) is 11.7 Å². The van der Waals surface area contributed by atoms with Crippen LogP contribution < -0.4 is 0 Å². The van der Waals surface area contributed by atoms with Crippen LogP contribution in [0.3, 0.4) is 0 Å². The summed E-state index contributed by atoms with van der Waals surface area (Å²) in [6, 6.07) is 4.06. The van der Waals surface area contributed by atoms with Gasteiger partial charge in [-0.1, -0.05) is 18.0 Å². The Balaban J connectivity index is 1.60. The lowest BCUT2D eigenvalue weighted by molar-refractivity contribution is -0.139. The summed E-state index contributed by atoms with van der Waals surface area (Å²) in [5, 5.41) is 0.268. The lowest BCUT2D eigenvalue weighted by Gasteiger charge is -2.38. The maximum absolute atomic E-state index is 13.8. The molecule has 1 aromatic rings. The maximum Gasteiger partial charge on any atom is 0.256 e. The number of carbonyl (C=O) groups excluding carboxylic acids is 2. The van der Waals surface area contributed by atoms with Crippen LogP contribution in [0.4, 0.5) is 4.39 Å². The Morgan fingerprint density at radius 1 is 1.09 bits per heavy atom. The van der Waals surface area contributed by atoms with Crippen LogP contribution in [0.15, 0.2) is 18.2 Å². The van der Waals surface area contributed by atoms with Gasteiger partial charge in [0.25, 0.3) is 5.91 Å². The van der Waals surface area contributed by atoms with Gasteiger partial charge in [0.2, 0.25) is 5.91 Å². The number of benzene rings is 1. The molecular weight excluding hydrogens is 307 g/mol. The third-order valence-electron chi connectivity index (χ3n) is 4.49. The van der Waals surface area contributed by atoms with E-state index in [-0.39, 0.29) is 28.3 Å². The van der Waals surface area contributed by atoms with Crippen LogP contribution in [0.5, 0.6) is 0 Å². The number of carbonyl (C=O) groups is 2. The van der Waals surface area contributed by atoms with Crippen molar-refractivity contribution in [3.8, 4) is 0 Å². The van der Waals surface area contributed by atoms with Crippen molar-refractivity contribution in [2.75, 3.05) is 26.2 Å². The van der Waals surface area contributed by atoms with Gasteiger partial charge in [-0.2, -0.15) is 0 Å². The summed E-state index contributed by atoms with van der Waals surface area (Å²) >= 11 is 5.70. The molecule has 2 fully saturated rings. The molecule has 0 N–H and O–H groups in total.